The van der Waals surface area contributed by atoms with Crippen molar-refractivity contribution in [3.8, 4) is 5.75 Å². The van der Waals surface area contributed by atoms with Gasteiger partial charge in [-0.05, 0) is 42.5 Å². The van der Waals surface area contributed by atoms with Gasteiger partial charge in [-0.2, -0.15) is 0 Å². The van der Waals surface area contributed by atoms with Gasteiger partial charge >= 0.3 is 5.97 Å². The number of carbonyl (C=O) groups is 2. The summed E-state index contributed by atoms with van der Waals surface area (Å²) in [5.74, 6) is -0.346. The molecule has 0 aliphatic heterocycles. The molecule has 1 N–H and O–H groups in total. The van der Waals surface area contributed by atoms with E-state index in [0.29, 0.717) is 27.8 Å². The van der Waals surface area contributed by atoms with Crippen molar-refractivity contribution >= 4 is 28.3 Å². The van der Waals surface area contributed by atoms with E-state index in [9.17, 15) is 14.4 Å². The van der Waals surface area contributed by atoms with E-state index >= 15 is 0 Å². The van der Waals surface area contributed by atoms with Gasteiger partial charge in [0.25, 0.3) is 11.5 Å². The highest BCUT2D eigenvalue weighted by Gasteiger charge is 2.10. The highest BCUT2D eigenvalue weighted by Crippen LogP contribution is 2.23. The zero-order valence-electron chi connectivity index (χ0n) is 14.9. The van der Waals surface area contributed by atoms with Gasteiger partial charge in [0.1, 0.15) is 5.75 Å². The zero-order chi connectivity index (χ0) is 19.4. The lowest BCUT2D eigenvalue weighted by molar-refractivity contribution is -0.118. The van der Waals surface area contributed by atoms with E-state index in [2.05, 4.69) is 10.1 Å². The second-order valence-corrected chi connectivity index (χ2v) is 5.85. The van der Waals surface area contributed by atoms with Crippen molar-refractivity contribution in [2.45, 2.75) is 0 Å². The van der Waals surface area contributed by atoms with Gasteiger partial charge in [0.05, 0.1) is 18.1 Å². The monoisotopic (exact) mass is 366 g/mol. The van der Waals surface area contributed by atoms with Crippen LogP contribution in [0.2, 0.25) is 0 Å². The molecule has 1 amide bonds. The van der Waals surface area contributed by atoms with Crippen LogP contribution in [0.4, 0.5) is 5.69 Å². The fourth-order valence-corrected chi connectivity index (χ4v) is 2.62. The van der Waals surface area contributed by atoms with Gasteiger partial charge in [-0.25, -0.2) is 4.79 Å². The number of nitrogens with one attached hydrogen (secondary N) is 1. The average Bonchev–Trinajstić information content (AvgIpc) is 2.69. The van der Waals surface area contributed by atoms with E-state index in [1.165, 1.54) is 11.7 Å². The predicted octanol–water partition coefficient (Wildman–Crippen LogP) is 2.34. The molecule has 3 rings (SSSR count). The van der Waals surface area contributed by atoms with E-state index in [1.807, 2.05) is 0 Å². The molecule has 7 heteroatoms. The van der Waals surface area contributed by atoms with E-state index < -0.39 is 5.97 Å². The molecule has 138 valence electrons. The summed E-state index contributed by atoms with van der Waals surface area (Å²) >= 11 is 0. The molecule has 0 fully saturated rings. The number of amides is 1. The smallest absolute Gasteiger partial charge is 0.337 e. The van der Waals surface area contributed by atoms with Crippen molar-refractivity contribution in [1.82, 2.24) is 4.57 Å². The summed E-state index contributed by atoms with van der Waals surface area (Å²) in [4.78, 5) is 35.7. The summed E-state index contributed by atoms with van der Waals surface area (Å²) in [6.07, 6.45) is 1.65. The zero-order valence-corrected chi connectivity index (χ0v) is 14.9. The number of rotatable bonds is 5. The number of esters is 1. The molecule has 0 unspecified atom stereocenters. The predicted molar refractivity (Wildman–Crippen MR) is 101 cm³/mol. The number of carbonyl (C=O) groups excluding carboxylic acids is 2. The molecule has 0 bridgehead atoms. The molecule has 1 heterocycles. The maximum absolute atomic E-state index is 12.2. The molecule has 0 atom stereocenters. The van der Waals surface area contributed by atoms with Crippen LogP contribution in [0.15, 0.2) is 59.5 Å². The normalized spacial score (nSPS) is 10.4. The number of nitrogens with zero attached hydrogens (tertiary/aromatic N) is 1. The summed E-state index contributed by atoms with van der Waals surface area (Å²) in [5, 5.41) is 3.86. The lowest BCUT2D eigenvalue weighted by Gasteiger charge is -2.10. The van der Waals surface area contributed by atoms with Crippen LogP contribution >= 0.6 is 0 Å². The fraction of sp³-hybridized carbons (Fsp3) is 0.150. The number of benzene rings is 2. The van der Waals surface area contributed by atoms with Gasteiger partial charge in [-0.15, -0.1) is 0 Å². The van der Waals surface area contributed by atoms with E-state index in [0.717, 1.165) is 0 Å². The summed E-state index contributed by atoms with van der Waals surface area (Å²) in [5.41, 5.74) is 0.792. The fourth-order valence-electron chi connectivity index (χ4n) is 2.62. The van der Waals surface area contributed by atoms with Crippen molar-refractivity contribution in [1.29, 1.82) is 0 Å². The van der Waals surface area contributed by atoms with Gasteiger partial charge in [-0.1, -0.05) is 6.07 Å². The number of methoxy groups -OCH3 is 1. The van der Waals surface area contributed by atoms with Crippen molar-refractivity contribution in [2.24, 2.45) is 7.05 Å². The first-order valence-corrected chi connectivity index (χ1v) is 8.19. The Hall–Kier alpha value is -3.61. The first-order chi connectivity index (χ1) is 13.0. The topological polar surface area (TPSA) is 86.6 Å². The number of ether oxygens (including phenoxy) is 2. The molecular weight excluding hydrogens is 348 g/mol. The van der Waals surface area contributed by atoms with Crippen molar-refractivity contribution in [2.75, 3.05) is 19.0 Å². The Balaban J connectivity index is 1.68. The van der Waals surface area contributed by atoms with Gasteiger partial charge in [0, 0.05) is 24.3 Å². The second-order valence-electron chi connectivity index (χ2n) is 5.85. The second kappa shape index (κ2) is 7.74. The number of hydrogen-bond donors (Lipinski definition) is 1. The minimum Gasteiger partial charge on any atom is -0.483 e. The standard InChI is InChI=1S/C20H18N2O5/c1-22-11-10-15-16(19(22)24)4-3-5-17(15)27-12-18(23)21-14-8-6-13(7-9-14)20(25)26-2/h3-11H,12H2,1-2H3,(H,21,23). The van der Waals surface area contributed by atoms with Crippen LogP contribution < -0.4 is 15.6 Å². The Morgan fingerprint density at radius 1 is 1.04 bits per heavy atom. The highest BCUT2D eigenvalue weighted by atomic mass is 16.5. The van der Waals surface area contributed by atoms with Crippen LogP contribution in [0.1, 0.15) is 10.4 Å². The molecule has 0 spiro atoms. The van der Waals surface area contributed by atoms with Gasteiger partial charge < -0.3 is 19.4 Å². The van der Waals surface area contributed by atoms with E-state index in [1.54, 1.807) is 61.8 Å². The Morgan fingerprint density at radius 3 is 2.48 bits per heavy atom. The van der Waals surface area contributed by atoms with Crippen LogP contribution in [0, 0.1) is 0 Å². The summed E-state index contributed by atoms with van der Waals surface area (Å²) in [6.45, 7) is -0.215. The van der Waals surface area contributed by atoms with E-state index in [4.69, 9.17) is 4.74 Å². The molecule has 1 aromatic heterocycles. The Labute approximate surface area is 155 Å². The number of pyridine rings is 1. The summed E-state index contributed by atoms with van der Waals surface area (Å²) in [7, 11) is 2.98. The first-order valence-electron chi connectivity index (χ1n) is 8.19. The van der Waals surface area contributed by atoms with Gasteiger partial charge in [-0.3, -0.25) is 9.59 Å². The number of fused-ring (bicyclic) bond motifs is 1. The molecule has 0 aliphatic rings. The summed E-state index contributed by atoms with van der Waals surface area (Å²) in [6, 6.07) is 13.2. The Bertz CT molecular complexity index is 1050. The van der Waals surface area contributed by atoms with Crippen LogP contribution in [0.3, 0.4) is 0 Å². The van der Waals surface area contributed by atoms with E-state index in [-0.39, 0.29) is 18.1 Å². The SMILES string of the molecule is COC(=O)c1ccc(NC(=O)COc2cccc3c(=O)n(C)ccc23)cc1. The number of aromatic nitrogens is 1. The van der Waals surface area contributed by atoms with Crippen LogP contribution in [-0.4, -0.2) is 30.2 Å². The number of anilines is 1. The minimum absolute atomic E-state index is 0.131. The molecular formula is C20H18N2O5. The molecule has 0 saturated heterocycles. The van der Waals surface area contributed by atoms with Crippen molar-refractivity contribution in [3.63, 3.8) is 0 Å². The maximum Gasteiger partial charge on any atom is 0.337 e. The number of aryl methyl sites for hydroxylation is 1. The van der Waals surface area contributed by atoms with Crippen molar-refractivity contribution < 1.29 is 19.1 Å². The maximum atomic E-state index is 12.2. The Morgan fingerprint density at radius 2 is 1.78 bits per heavy atom. The summed E-state index contributed by atoms with van der Waals surface area (Å²) < 4.78 is 11.7. The molecule has 0 radical (unpaired) electrons. The lowest BCUT2D eigenvalue weighted by atomic mass is 10.1. The largest absolute Gasteiger partial charge is 0.483 e. The average molecular weight is 366 g/mol. The molecule has 0 saturated carbocycles. The van der Waals surface area contributed by atoms with Crippen LogP contribution in [0.5, 0.6) is 5.75 Å². The Kier molecular flexibility index (Phi) is 5.21. The molecule has 27 heavy (non-hydrogen) atoms. The van der Waals surface area contributed by atoms with Gasteiger partial charge in [0.2, 0.25) is 0 Å². The minimum atomic E-state index is -0.446. The quantitative estimate of drug-likeness (QED) is 0.701. The highest BCUT2D eigenvalue weighted by molar-refractivity contribution is 5.94. The first kappa shape index (κ1) is 18.2. The third-order valence-corrected chi connectivity index (χ3v) is 4.03. The molecule has 3 aromatic rings. The molecule has 7 nitrogen and oxygen atoms in total. The number of hydrogen-bond acceptors (Lipinski definition) is 5. The third kappa shape index (κ3) is 3.98. The van der Waals surface area contributed by atoms with Crippen LogP contribution in [0.25, 0.3) is 10.8 Å². The van der Waals surface area contributed by atoms with Crippen LogP contribution in [-0.2, 0) is 16.6 Å². The molecule has 0 aliphatic carbocycles. The lowest BCUT2D eigenvalue weighted by Crippen LogP contribution is -2.20. The molecule has 2 aromatic carbocycles. The third-order valence-electron chi connectivity index (χ3n) is 4.03. The van der Waals surface area contributed by atoms with Crippen molar-refractivity contribution in [3.05, 3.63) is 70.6 Å². The van der Waals surface area contributed by atoms with Gasteiger partial charge in [0.15, 0.2) is 6.61 Å².